The van der Waals surface area contributed by atoms with Crippen LogP contribution >= 0.6 is 11.8 Å². The largest absolute Gasteiger partial charge is 0.310 e. The third-order valence-electron chi connectivity index (χ3n) is 12.3. The lowest BCUT2D eigenvalue weighted by Gasteiger charge is -2.25. The SMILES string of the molecule is N#Cc1cc(-n2c3ccc(N(c4ccccc4)c4ccccc4)cc3c3c4ccccc4ccc32)c(C#N)cc1-n1c2c(c3ccccc31)C1Sc3ccccc3C1C=C2. The van der Waals surface area contributed by atoms with Gasteiger partial charge in [-0.15, -0.1) is 11.8 Å². The van der Waals surface area contributed by atoms with Crippen LogP contribution < -0.4 is 4.90 Å². The number of para-hydroxylation sites is 3. The molecule has 2 atom stereocenters. The maximum atomic E-state index is 11.1. The molecule has 1 aliphatic carbocycles. The zero-order chi connectivity index (χ0) is 39.9. The van der Waals surface area contributed by atoms with Crippen LogP contribution in [0.25, 0.3) is 60.9 Å². The molecule has 0 saturated carbocycles. The Labute approximate surface area is 350 Å². The highest BCUT2D eigenvalue weighted by Gasteiger charge is 2.39. The van der Waals surface area contributed by atoms with E-state index in [0.29, 0.717) is 22.5 Å². The first-order valence-corrected chi connectivity index (χ1v) is 21.0. The molecule has 0 saturated heterocycles. The van der Waals surface area contributed by atoms with Crippen LogP contribution in [0.1, 0.15) is 39.1 Å². The molecule has 2 aliphatic rings. The number of benzene rings is 8. The van der Waals surface area contributed by atoms with Crippen LogP contribution in [0.2, 0.25) is 0 Å². The Bertz CT molecular complexity index is 3470. The molecule has 2 aromatic heterocycles. The highest BCUT2D eigenvalue weighted by atomic mass is 32.2. The van der Waals surface area contributed by atoms with E-state index in [1.54, 1.807) is 0 Å². The summed E-state index contributed by atoms with van der Waals surface area (Å²) in [6.45, 7) is 0. The van der Waals surface area contributed by atoms with Gasteiger partial charge in [-0.1, -0.05) is 109 Å². The van der Waals surface area contributed by atoms with E-state index in [1.807, 2.05) is 36.0 Å². The Morgan fingerprint density at radius 1 is 0.517 bits per heavy atom. The lowest BCUT2D eigenvalue weighted by molar-refractivity contribution is 0.817. The number of rotatable bonds is 5. The number of aromatic nitrogens is 2. The van der Waals surface area contributed by atoms with Crippen molar-refractivity contribution in [3.63, 3.8) is 0 Å². The summed E-state index contributed by atoms with van der Waals surface area (Å²) in [6.07, 6.45) is 4.55. The van der Waals surface area contributed by atoms with Gasteiger partial charge in [0, 0.05) is 49.3 Å². The van der Waals surface area contributed by atoms with Crippen LogP contribution in [0.3, 0.4) is 0 Å². The summed E-state index contributed by atoms with van der Waals surface area (Å²) >= 11 is 1.92. The van der Waals surface area contributed by atoms with Crippen molar-refractivity contribution in [1.29, 1.82) is 10.5 Å². The fourth-order valence-electron chi connectivity index (χ4n) is 9.79. The topological polar surface area (TPSA) is 60.7 Å². The molecule has 0 amide bonds. The van der Waals surface area contributed by atoms with E-state index >= 15 is 0 Å². The molecule has 0 bridgehead atoms. The molecule has 1 aliphatic heterocycles. The lowest BCUT2D eigenvalue weighted by atomic mass is 9.86. The monoisotopic (exact) mass is 783 g/mol. The van der Waals surface area contributed by atoms with E-state index in [4.69, 9.17) is 0 Å². The number of nitrogens with zero attached hydrogens (tertiary/aromatic N) is 5. The number of allylic oxidation sites excluding steroid dienone is 1. The van der Waals surface area contributed by atoms with Crippen molar-refractivity contribution < 1.29 is 0 Å². The van der Waals surface area contributed by atoms with Gasteiger partial charge in [0.1, 0.15) is 12.1 Å². The molecule has 8 aromatic carbocycles. The predicted molar refractivity (Wildman–Crippen MR) is 246 cm³/mol. The third-order valence-corrected chi connectivity index (χ3v) is 13.7. The Balaban J connectivity index is 1.09. The fraction of sp³-hybridized carbons (Fsp3) is 0.0370. The minimum absolute atomic E-state index is 0.214. The molecule has 12 rings (SSSR count). The van der Waals surface area contributed by atoms with Gasteiger partial charge in [-0.2, -0.15) is 10.5 Å². The average molecular weight is 784 g/mol. The van der Waals surface area contributed by atoms with Gasteiger partial charge >= 0.3 is 0 Å². The number of hydrogen-bond donors (Lipinski definition) is 0. The normalized spacial score (nSPS) is 15.2. The quantitative estimate of drug-likeness (QED) is 0.174. The summed E-state index contributed by atoms with van der Waals surface area (Å²) in [7, 11) is 0. The van der Waals surface area contributed by atoms with Gasteiger partial charge < -0.3 is 14.0 Å². The summed E-state index contributed by atoms with van der Waals surface area (Å²) < 4.78 is 4.39. The summed E-state index contributed by atoms with van der Waals surface area (Å²) in [5.74, 6) is 0.268. The minimum atomic E-state index is 0.214. The second-order valence-electron chi connectivity index (χ2n) is 15.4. The van der Waals surface area contributed by atoms with Crippen LogP contribution in [0.5, 0.6) is 0 Å². The highest BCUT2D eigenvalue weighted by Crippen LogP contribution is 2.59. The number of thioether (sulfide) groups is 1. The van der Waals surface area contributed by atoms with Gasteiger partial charge in [0.05, 0.1) is 44.7 Å². The smallest absolute Gasteiger partial charge is 0.101 e. The molecule has 60 heavy (non-hydrogen) atoms. The Kier molecular flexibility index (Phi) is 7.65. The second kappa shape index (κ2) is 13.4. The van der Waals surface area contributed by atoms with Gasteiger partial charge in [-0.3, -0.25) is 0 Å². The summed E-state index contributed by atoms with van der Waals surface area (Å²) in [5, 5.41) is 27.9. The van der Waals surface area contributed by atoms with Crippen molar-refractivity contribution in [1.82, 2.24) is 9.13 Å². The van der Waals surface area contributed by atoms with Gasteiger partial charge in [0.2, 0.25) is 0 Å². The van der Waals surface area contributed by atoms with Crippen molar-refractivity contribution in [2.75, 3.05) is 4.90 Å². The molecule has 3 heterocycles. The number of nitriles is 2. The van der Waals surface area contributed by atoms with E-state index in [9.17, 15) is 10.5 Å². The Morgan fingerprint density at radius 2 is 1.13 bits per heavy atom. The van der Waals surface area contributed by atoms with Gasteiger partial charge in [-0.05, 0) is 101 Å². The molecule has 280 valence electrons. The number of anilines is 3. The van der Waals surface area contributed by atoms with Crippen LogP contribution in [0.15, 0.2) is 187 Å². The second-order valence-corrected chi connectivity index (χ2v) is 16.6. The first kappa shape index (κ1) is 34.3. The van der Waals surface area contributed by atoms with E-state index < -0.39 is 0 Å². The zero-order valence-corrected chi connectivity index (χ0v) is 33.0. The summed E-state index contributed by atoms with van der Waals surface area (Å²) in [5.41, 5.74) is 12.1. The average Bonchev–Trinajstić information content (AvgIpc) is 3.97. The number of fused-ring (bicyclic) bond motifs is 12. The zero-order valence-electron chi connectivity index (χ0n) is 32.2. The highest BCUT2D eigenvalue weighted by molar-refractivity contribution is 8.00. The Hall–Kier alpha value is -7.77. The minimum Gasteiger partial charge on any atom is -0.310 e. The van der Waals surface area contributed by atoms with Crippen molar-refractivity contribution >= 4 is 78.4 Å². The van der Waals surface area contributed by atoms with E-state index in [-0.39, 0.29) is 11.2 Å². The molecule has 6 heteroatoms. The Morgan fingerprint density at radius 3 is 1.88 bits per heavy atom. The maximum Gasteiger partial charge on any atom is 0.101 e. The molecule has 0 N–H and O–H groups in total. The summed E-state index contributed by atoms with van der Waals surface area (Å²) in [6, 6.07) is 66.4. The van der Waals surface area contributed by atoms with Crippen molar-refractivity contribution in [2.45, 2.75) is 16.1 Å². The molecule has 5 nitrogen and oxygen atoms in total. The lowest BCUT2D eigenvalue weighted by Crippen LogP contribution is -2.10. The molecule has 10 aromatic rings. The molecular weight excluding hydrogens is 751 g/mol. The molecule has 0 fully saturated rings. The first-order chi connectivity index (χ1) is 29.7. The maximum absolute atomic E-state index is 11.1. The molecule has 0 radical (unpaired) electrons. The van der Waals surface area contributed by atoms with E-state index in [1.165, 1.54) is 21.4 Å². The van der Waals surface area contributed by atoms with Crippen molar-refractivity contribution in [3.05, 3.63) is 210 Å². The standard InChI is InChI=1S/C54H33N5S/c55-32-35-30-50(36(33-56)29-49(35)58-45-21-11-9-20-43(45)53-48(58)28-25-42-41-19-10-12-22-51(41)60-54(42)53)59-46-27-24-39(57(37-14-3-1-4-15-37)38-16-5-2-6-17-38)31-44(46)52-40-18-8-7-13-34(40)23-26-47(52)59/h1-31,42,54H. The third kappa shape index (κ3) is 4.99. The molecule has 2 unspecified atom stereocenters. The van der Waals surface area contributed by atoms with Crippen molar-refractivity contribution in [3.8, 4) is 23.5 Å². The van der Waals surface area contributed by atoms with Crippen LogP contribution in [-0.2, 0) is 0 Å². The van der Waals surface area contributed by atoms with Gasteiger partial charge in [0.15, 0.2) is 0 Å². The van der Waals surface area contributed by atoms with Crippen LogP contribution in [0, 0.1) is 22.7 Å². The molecule has 0 spiro atoms. The number of hydrogen-bond acceptors (Lipinski definition) is 4. The van der Waals surface area contributed by atoms with E-state index in [2.05, 4.69) is 190 Å². The first-order valence-electron chi connectivity index (χ1n) is 20.1. The predicted octanol–water partition coefficient (Wildman–Crippen LogP) is 14.1. The van der Waals surface area contributed by atoms with Crippen LogP contribution in [0.4, 0.5) is 17.1 Å². The van der Waals surface area contributed by atoms with Crippen molar-refractivity contribution in [2.24, 2.45) is 0 Å². The van der Waals surface area contributed by atoms with Gasteiger partial charge in [-0.25, -0.2) is 0 Å². The summed E-state index contributed by atoms with van der Waals surface area (Å²) in [4.78, 5) is 3.59. The fourth-order valence-corrected chi connectivity index (χ4v) is 11.3. The van der Waals surface area contributed by atoms with E-state index in [0.717, 1.165) is 60.9 Å². The molecular formula is C54H33N5S. The van der Waals surface area contributed by atoms with Gasteiger partial charge in [0.25, 0.3) is 0 Å². The van der Waals surface area contributed by atoms with Crippen LogP contribution in [-0.4, -0.2) is 9.13 Å².